The van der Waals surface area contributed by atoms with Crippen LogP contribution in [-0.4, -0.2) is 77.0 Å². The van der Waals surface area contributed by atoms with Gasteiger partial charge >= 0.3 is 0 Å². The van der Waals surface area contributed by atoms with Crippen LogP contribution in [0, 0.1) is 11.8 Å². The molecule has 5 heterocycles. The molecular formula is C40H37N9O4. The lowest BCUT2D eigenvalue weighted by molar-refractivity contribution is -0.123. The van der Waals surface area contributed by atoms with Gasteiger partial charge in [0.1, 0.15) is 35.8 Å². The molecule has 1 aliphatic carbocycles. The number of nitrogens with one attached hydrogen (secondary N) is 1. The first-order valence-corrected chi connectivity index (χ1v) is 17.7. The minimum absolute atomic E-state index is 0.0189. The van der Waals surface area contributed by atoms with Crippen LogP contribution in [0.1, 0.15) is 49.2 Å². The number of piperazine rings is 1. The van der Waals surface area contributed by atoms with Gasteiger partial charge in [-0.05, 0) is 56.5 Å². The number of ether oxygens (including phenoxy) is 1. The largest absolute Gasteiger partial charge is 0.504 e. The Morgan fingerprint density at radius 3 is 2.64 bits per heavy atom. The van der Waals surface area contributed by atoms with Gasteiger partial charge in [-0.3, -0.25) is 19.1 Å². The minimum atomic E-state index is -0.600. The van der Waals surface area contributed by atoms with E-state index in [2.05, 4.69) is 39.3 Å². The Balaban J connectivity index is 1.21. The number of nitrogens with two attached hydrogens (primary N) is 1. The number of benzene rings is 3. The first-order valence-electron chi connectivity index (χ1n) is 17.7. The molecule has 0 radical (unpaired) electrons. The van der Waals surface area contributed by atoms with Gasteiger partial charge in [0.2, 0.25) is 5.91 Å². The molecule has 2 aliphatic heterocycles. The number of carbonyl (C=O) groups is 1. The molecule has 3 aliphatic rings. The fraction of sp³-hybridized carbons (Fsp3) is 0.300. The maximum atomic E-state index is 15.0. The van der Waals surface area contributed by atoms with E-state index in [1.807, 2.05) is 65.8 Å². The molecule has 0 unspecified atom stereocenters. The van der Waals surface area contributed by atoms with Crippen molar-refractivity contribution in [3.05, 3.63) is 99.9 Å². The molecule has 2 fully saturated rings. The van der Waals surface area contributed by atoms with Gasteiger partial charge in [-0.1, -0.05) is 48.2 Å². The quantitative estimate of drug-likeness (QED) is 0.218. The van der Waals surface area contributed by atoms with Crippen LogP contribution in [0.25, 0.3) is 33.2 Å². The van der Waals surface area contributed by atoms with Crippen LogP contribution < -0.4 is 21.3 Å². The molecule has 1 saturated carbocycles. The maximum Gasteiger partial charge on any atom is 0.263 e. The molecule has 266 valence electrons. The molecule has 9 rings (SSSR count). The van der Waals surface area contributed by atoms with E-state index in [9.17, 15) is 14.7 Å². The number of hydrogen-bond acceptors (Lipinski definition) is 10. The van der Waals surface area contributed by atoms with Gasteiger partial charge in [0.15, 0.2) is 17.1 Å². The van der Waals surface area contributed by atoms with Crippen LogP contribution in [0.3, 0.4) is 0 Å². The lowest BCUT2D eigenvalue weighted by Crippen LogP contribution is -2.47. The van der Waals surface area contributed by atoms with Crippen LogP contribution in [0.5, 0.6) is 11.5 Å². The highest BCUT2D eigenvalue weighted by atomic mass is 16.5. The van der Waals surface area contributed by atoms with Crippen LogP contribution in [0.2, 0.25) is 0 Å². The van der Waals surface area contributed by atoms with Crippen molar-refractivity contribution in [2.45, 2.75) is 50.8 Å². The first-order chi connectivity index (χ1) is 25.6. The summed E-state index contributed by atoms with van der Waals surface area (Å²) in [6.07, 6.45) is 3.48. The Hall–Kier alpha value is -6.26. The number of phenols is 1. The highest BCUT2D eigenvalue weighted by molar-refractivity contribution is 5.99. The Morgan fingerprint density at radius 2 is 1.85 bits per heavy atom. The summed E-state index contributed by atoms with van der Waals surface area (Å²) in [7, 11) is 0. The third-order valence-corrected chi connectivity index (χ3v) is 10.4. The normalized spacial score (nSPS) is 17.2. The predicted molar refractivity (Wildman–Crippen MR) is 199 cm³/mol. The summed E-state index contributed by atoms with van der Waals surface area (Å²) in [5.41, 5.74) is 9.98. The summed E-state index contributed by atoms with van der Waals surface area (Å²) in [4.78, 5) is 43.0. The molecule has 0 bridgehead atoms. The molecule has 6 aromatic rings. The number of aromatic hydroxyl groups is 1. The number of anilines is 1. The van der Waals surface area contributed by atoms with Crippen molar-refractivity contribution in [3.63, 3.8) is 0 Å². The summed E-state index contributed by atoms with van der Waals surface area (Å²) >= 11 is 0. The Kier molecular flexibility index (Phi) is 7.49. The zero-order chi connectivity index (χ0) is 36.5. The van der Waals surface area contributed by atoms with Crippen LogP contribution in [0.4, 0.5) is 5.82 Å². The summed E-state index contributed by atoms with van der Waals surface area (Å²) in [5, 5.41) is 19.6. The summed E-state index contributed by atoms with van der Waals surface area (Å²) in [6.45, 7) is 6.07. The fourth-order valence-electron chi connectivity index (χ4n) is 7.84. The summed E-state index contributed by atoms with van der Waals surface area (Å²) in [5.74, 6) is 7.67. The molecule has 1 amide bonds. The number of fused-ring (bicyclic) bond motifs is 3. The third-order valence-electron chi connectivity index (χ3n) is 10.4. The van der Waals surface area contributed by atoms with E-state index in [1.54, 1.807) is 10.7 Å². The van der Waals surface area contributed by atoms with Crippen molar-refractivity contribution >= 4 is 33.7 Å². The average molecular weight is 708 g/mol. The Morgan fingerprint density at radius 1 is 1.02 bits per heavy atom. The van der Waals surface area contributed by atoms with Crippen molar-refractivity contribution in [1.29, 1.82) is 0 Å². The second kappa shape index (κ2) is 12.2. The fourth-order valence-corrected chi connectivity index (χ4v) is 7.84. The number of phenolic OH excluding ortho intramolecular Hbond substituents is 1. The van der Waals surface area contributed by atoms with E-state index in [4.69, 9.17) is 20.6 Å². The second-order valence-corrected chi connectivity index (χ2v) is 14.6. The van der Waals surface area contributed by atoms with E-state index >= 15 is 0 Å². The zero-order valence-corrected chi connectivity index (χ0v) is 29.4. The van der Waals surface area contributed by atoms with Crippen molar-refractivity contribution in [1.82, 2.24) is 39.5 Å². The molecule has 1 saturated heterocycles. The lowest BCUT2D eigenvalue weighted by Gasteiger charge is -2.24. The van der Waals surface area contributed by atoms with E-state index in [0.29, 0.717) is 77.4 Å². The second-order valence-electron chi connectivity index (χ2n) is 14.6. The molecular weight excluding hydrogens is 670 g/mol. The summed E-state index contributed by atoms with van der Waals surface area (Å²) in [6, 6.07) is 19.0. The van der Waals surface area contributed by atoms with Gasteiger partial charge in [0.05, 0.1) is 34.9 Å². The lowest BCUT2D eigenvalue weighted by atomic mass is 9.95. The number of aromatic nitrogens is 6. The van der Waals surface area contributed by atoms with E-state index in [1.165, 1.54) is 6.33 Å². The monoisotopic (exact) mass is 707 g/mol. The maximum absolute atomic E-state index is 15.0. The third kappa shape index (κ3) is 5.53. The predicted octanol–water partition coefficient (Wildman–Crippen LogP) is 3.57. The van der Waals surface area contributed by atoms with E-state index < -0.39 is 11.1 Å². The van der Waals surface area contributed by atoms with Gasteiger partial charge in [-0.15, -0.1) is 0 Å². The highest BCUT2D eigenvalue weighted by Crippen LogP contribution is 2.50. The zero-order valence-electron chi connectivity index (χ0n) is 29.4. The number of rotatable bonds is 6. The van der Waals surface area contributed by atoms with Gasteiger partial charge in [-0.25, -0.2) is 19.6 Å². The number of carbonyl (C=O) groups excluding carboxylic acids is 1. The van der Waals surface area contributed by atoms with Crippen molar-refractivity contribution in [3.8, 4) is 34.6 Å². The number of nitrogens with zero attached hydrogens (tertiary/aromatic N) is 7. The first kappa shape index (κ1) is 32.6. The number of nitrogen functional groups attached to an aromatic ring is 1. The molecule has 3 aromatic carbocycles. The van der Waals surface area contributed by atoms with Crippen molar-refractivity contribution < 1.29 is 14.6 Å². The van der Waals surface area contributed by atoms with Gasteiger partial charge in [-0.2, -0.15) is 5.10 Å². The number of hydrogen-bond donors (Lipinski definition) is 3. The highest BCUT2D eigenvalue weighted by Gasteiger charge is 2.48. The van der Waals surface area contributed by atoms with Crippen LogP contribution in [0.15, 0.2) is 71.8 Å². The topological polar surface area (TPSA) is 166 Å². The molecule has 13 nitrogen and oxygen atoms in total. The van der Waals surface area contributed by atoms with Crippen LogP contribution >= 0.6 is 0 Å². The SMILES string of the molecule is CC1(C)Cc2c(-c3nn(Cc4nc5cccc(C#CCN6CCNC(=O)C6)c5c(=O)n4C4(c5ccccc5)CC4)c4ncnc(N)c34)ccc(O)c2O1. The van der Waals surface area contributed by atoms with E-state index in [0.717, 1.165) is 29.5 Å². The van der Waals surface area contributed by atoms with Gasteiger partial charge in [0, 0.05) is 36.2 Å². The average Bonchev–Trinajstić information content (AvgIpc) is 3.75. The Bertz CT molecular complexity index is 2600. The summed E-state index contributed by atoms with van der Waals surface area (Å²) < 4.78 is 9.69. The Labute approximate surface area is 304 Å². The van der Waals surface area contributed by atoms with Crippen molar-refractivity contribution in [2.75, 3.05) is 31.9 Å². The number of amides is 1. The van der Waals surface area contributed by atoms with E-state index in [-0.39, 0.29) is 29.6 Å². The molecule has 3 aromatic heterocycles. The van der Waals surface area contributed by atoms with Gasteiger partial charge < -0.3 is 20.9 Å². The molecule has 53 heavy (non-hydrogen) atoms. The van der Waals surface area contributed by atoms with Crippen LogP contribution in [-0.2, 0) is 23.3 Å². The molecule has 0 atom stereocenters. The molecule has 0 spiro atoms. The minimum Gasteiger partial charge on any atom is -0.504 e. The molecule has 4 N–H and O–H groups in total. The van der Waals surface area contributed by atoms with Gasteiger partial charge in [0.25, 0.3) is 5.56 Å². The standard InChI is InChI=1S/C40H37N9O4/c1-39(2)20-27-26(13-14-29(50)35(27)53-39)34-33-36(41)43-23-44-37(33)48(46-34)21-30-45-28-12-6-8-24(9-7-18-47-19-17-42-31(51)22-47)32(28)38(52)49(30)40(15-16-40)25-10-4-3-5-11-25/h3-6,8,10-14,23,50H,15-22H2,1-2H3,(H,42,51)(H2,41,43,44). The van der Waals surface area contributed by atoms with Crippen molar-refractivity contribution in [2.24, 2.45) is 0 Å². The molecule has 13 heteroatoms. The smallest absolute Gasteiger partial charge is 0.263 e.